The van der Waals surface area contributed by atoms with Crippen LogP contribution in [-0.4, -0.2) is 66.9 Å². The number of carbonyl (C=O) groups excluding carboxylic acids is 1. The zero-order valence-electron chi connectivity index (χ0n) is 8.20. The van der Waals surface area contributed by atoms with Gasteiger partial charge in [-0.25, -0.2) is 9.36 Å². The summed E-state index contributed by atoms with van der Waals surface area (Å²) in [5, 5.41) is 35.3. The maximum atomic E-state index is 10.7. The Hall–Kier alpha value is -0.870. The second-order valence-electron chi connectivity index (χ2n) is 2.96. The first-order valence-electron chi connectivity index (χ1n) is 4.07. The Morgan fingerprint density at radius 1 is 1.18 bits per heavy atom. The molecule has 0 spiro atoms. The molecule has 0 radical (unpaired) electrons. The molecule has 17 heavy (non-hydrogen) atoms. The normalized spacial score (nSPS) is 17.2. The van der Waals surface area contributed by atoms with E-state index in [2.05, 4.69) is 4.52 Å². The van der Waals surface area contributed by atoms with Crippen molar-refractivity contribution in [1.82, 2.24) is 0 Å². The topological polar surface area (TPSA) is 182 Å². The molecule has 11 heteroatoms. The van der Waals surface area contributed by atoms with Crippen LogP contribution in [0.2, 0.25) is 0 Å². The van der Waals surface area contributed by atoms with Crippen molar-refractivity contribution >= 4 is 19.6 Å². The summed E-state index contributed by atoms with van der Waals surface area (Å²) in [5.41, 5.74) is 0. The van der Waals surface area contributed by atoms with Gasteiger partial charge in [0.1, 0.15) is 12.2 Å². The molecule has 0 aliphatic carbocycles. The lowest BCUT2D eigenvalue weighted by molar-refractivity contribution is -0.159. The minimum atomic E-state index is -4.89. The van der Waals surface area contributed by atoms with E-state index < -0.39 is 44.5 Å². The first kappa shape index (κ1) is 16.1. The Kier molecular flexibility index (Phi) is 5.85. The average molecular weight is 274 g/mol. The van der Waals surface area contributed by atoms with Crippen molar-refractivity contribution < 1.29 is 48.9 Å². The zero-order valence-corrected chi connectivity index (χ0v) is 9.10. The summed E-state index contributed by atoms with van der Waals surface area (Å²) in [4.78, 5) is 37.3. The van der Waals surface area contributed by atoms with Gasteiger partial charge in [-0.1, -0.05) is 0 Å². The molecule has 0 aromatic rings. The lowest BCUT2D eigenvalue weighted by Gasteiger charge is -2.20. The maximum absolute atomic E-state index is 10.7. The van der Waals surface area contributed by atoms with E-state index in [0.29, 0.717) is 0 Å². The molecule has 0 saturated heterocycles. The molecule has 0 saturated carbocycles. The fourth-order valence-corrected chi connectivity index (χ4v) is 1.11. The van der Waals surface area contributed by atoms with E-state index in [4.69, 9.17) is 30.2 Å². The van der Waals surface area contributed by atoms with Gasteiger partial charge in [-0.15, -0.1) is 0 Å². The van der Waals surface area contributed by atoms with E-state index in [1.807, 2.05) is 0 Å². The van der Waals surface area contributed by atoms with Crippen molar-refractivity contribution in [2.45, 2.75) is 18.3 Å². The number of phosphoric acid groups is 1. The predicted octanol–water partition coefficient (Wildman–Crippen LogP) is -3.17. The molecule has 0 heterocycles. The third-order valence-electron chi connectivity index (χ3n) is 1.61. The van der Waals surface area contributed by atoms with Crippen LogP contribution in [0.3, 0.4) is 0 Å². The smallest absolute Gasteiger partial charge is 0.469 e. The lowest BCUT2D eigenvalue weighted by Crippen LogP contribution is -2.46. The van der Waals surface area contributed by atoms with Crippen molar-refractivity contribution in [2.24, 2.45) is 0 Å². The highest BCUT2D eigenvalue weighted by Crippen LogP contribution is 2.35. The van der Waals surface area contributed by atoms with Gasteiger partial charge in [0, 0.05) is 0 Å². The van der Waals surface area contributed by atoms with Crippen molar-refractivity contribution in [2.75, 3.05) is 6.61 Å². The fraction of sp³-hybridized carbons (Fsp3) is 0.667. The van der Waals surface area contributed by atoms with Gasteiger partial charge in [0.25, 0.3) is 5.78 Å². The van der Waals surface area contributed by atoms with Gasteiger partial charge in [-0.3, -0.25) is 9.32 Å². The highest BCUT2D eigenvalue weighted by molar-refractivity contribution is 7.46. The van der Waals surface area contributed by atoms with E-state index in [1.165, 1.54) is 0 Å². The SMILES string of the molecule is O=C(O)C(=O)C(O)C(O)C(O)COP(=O)(O)O. The number of carboxylic acid groups (broad SMARTS) is 1. The second-order valence-corrected chi connectivity index (χ2v) is 4.20. The summed E-state index contributed by atoms with van der Waals surface area (Å²) in [6, 6.07) is 0. The third kappa shape index (κ3) is 5.84. The van der Waals surface area contributed by atoms with Gasteiger partial charge < -0.3 is 30.2 Å². The Morgan fingerprint density at radius 3 is 2.00 bits per heavy atom. The van der Waals surface area contributed by atoms with Crippen LogP contribution in [0.25, 0.3) is 0 Å². The predicted molar refractivity (Wildman–Crippen MR) is 48.7 cm³/mol. The number of aliphatic hydroxyl groups is 3. The second kappa shape index (κ2) is 6.17. The molecule has 10 nitrogen and oxygen atoms in total. The Bertz CT molecular complexity index is 334. The summed E-state index contributed by atoms with van der Waals surface area (Å²) in [7, 11) is -4.89. The number of rotatable bonds is 7. The number of carbonyl (C=O) groups is 2. The van der Waals surface area contributed by atoms with Crippen molar-refractivity contribution in [3.8, 4) is 0 Å². The van der Waals surface area contributed by atoms with Crippen LogP contribution in [0, 0.1) is 0 Å². The van der Waals surface area contributed by atoms with Crippen LogP contribution in [0.4, 0.5) is 0 Å². The van der Waals surface area contributed by atoms with Gasteiger partial charge in [0.05, 0.1) is 6.61 Å². The van der Waals surface area contributed by atoms with E-state index in [1.54, 1.807) is 0 Å². The fourth-order valence-electron chi connectivity index (χ4n) is 0.764. The molecule has 0 bridgehead atoms. The van der Waals surface area contributed by atoms with Gasteiger partial charge in [-0.2, -0.15) is 0 Å². The maximum Gasteiger partial charge on any atom is 0.469 e. The summed E-state index contributed by atoms with van der Waals surface area (Å²) in [5.74, 6) is -3.80. The molecule has 6 N–H and O–H groups in total. The number of hydrogen-bond acceptors (Lipinski definition) is 7. The van der Waals surface area contributed by atoms with Crippen molar-refractivity contribution in [3.63, 3.8) is 0 Å². The molecule has 0 amide bonds. The van der Waals surface area contributed by atoms with Crippen LogP contribution in [-0.2, 0) is 18.7 Å². The Morgan fingerprint density at radius 2 is 1.65 bits per heavy atom. The molecule has 3 atom stereocenters. The number of hydrogen-bond donors (Lipinski definition) is 6. The third-order valence-corrected chi connectivity index (χ3v) is 2.10. The summed E-state index contributed by atoms with van der Waals surface area (Å²) in [6.07, 6.45) is -6.71. The molecule has 0 aliphatic heterocycles. The molecule has 0 aromatic carbocycles. The Labute approximate surface area is 94.3 Å². The summed E-state index contributed by atoms with van der Waals surface area (Å²) >= 11 is 0. The van der Waals surface area contributed by atoms with E-state index in [0.717, 1.165) is 0 Å². The minimum absolute atomic E-state index is 1.09. The van der Waals surface area contributed by atoms with E-state index >= 15 is 0 Å². The summed E-state index contributed by atoms with van der Waals surface area (Å²) in [6.45, 7) is -1.09. The average Bonchev–Trinajstić information content (AvgIpc) is 2.21. The van der Waals surface area contributed by atoms with Crippen LogP contribution in [0.5, 0.6) is 0 Å². The molecule has 0 aliphatic rings. The zero-order chi connectivity index (χ0) is 13.8. The van der Waals surface area contributed by atoms with Gasteiger partial charge in [0.2, 0.25) is 0 Å². The molecule has 100 valence electrons. The monoisotopic (exact) mass is 274 g/mol. The molecular weight excluding hydrogens is 263 g/mol. The molecule has 0 fully saturated rings. The van der Waals surface area contributed by atoms with Crippen LogP contribution < -0.4 is 0 Å². The molecular formula is C6H11O10P. The van der Waals surface area contributed by atoms with Gasteiger partial charge in [0.15, 0.2) is 6.10 Å². The standard InChI is InChI=1S/C6H11O10P/c7-2(1-16-17(13,14)15)3(8)4(9)5(10)6(11)12/h2-4,7-9H,1H2,(H,11,12)(H2,13,14,15). The number of carboxylic acids is 1. The molecule has 0 aromatic heterocycles. The first-order valence-corrected chi connectivity index (χ1v) is 5.60. The molecule has 3 unspecified atom stereocenters. The van der Waals surface area contributed by atoms with E-state index in [9.17, 15) is 14.2 Å². The van der Waals surface area contributed by atoms with E-state index in [-0.39, 0.29) is 0 Å². The van der Waals surface area contributed by atoms with Crippen LogP contribution >= 0.6 is 7.82 Å². The van der Waals surface area contributed by atoms with Crippen LogP contribution in [0.15, 0.2) is 0 Å². The number of aliphatic carboxylic acids is 1. The van der Waals surface area contributed by atoms with Crippen LogP contribution in [0.1, 0.15) is 0 Å². The number of Topliss-reactive ketones (excluding diaryl/α,β-unsaturated/α-hetero) is 1. The Balaban J connectivity index is 4.40. The lowest BCUT2D eigenvalue weighted by atomic mass is 10.1. The van der Waals surface area contributed by atoms with Gasteiger partial charge >= 0.3 is 13.8 Å². The molecule has 0 rings (SSSR count). The summed E-state index contributed by atoms with van der Waals surface area (Å²) < 4.78 is 14.0. The number of aliphatic hydroxyl groups excluding tert-OH is 3. The van der Waals surface area contributed by atoms with Gasteiger partial charge in [-0.05, 0) is 0 Å². The largest absolute Gasteiger partial charge is 0.475 e. The minimum Gasteiger partial charge on any atom is -0.475 e. The number of ketones is 1. The highest BCUT2D eigenvalue weighted by Gasteiger charge is 2.34. The highest BCUT2D eigenvalue weighted by atomic mass is 31.2. The quantitative estimate of drug-likeness (QED) is 0.204. The van der Waals surface area contributed by atoms with Crippen molar-refractivity contribution in [1.29, 1.82) is 0 Å². The van der Waals surface area contributed by atoms with Crippen molar-refractivity contribution in [3.05, 3.63) is 0 Å². The number of phosphoric ester groups is 1. The first-order chi connectivity index (χ1) is 7.56.